The number of amides is 2. The van der Waals surface area contributed by atoms with E-state index in [4.69, 9.17) is 0 Å². The van der Waals surface area contributed by atoms with E-state index >= 15 is 0 Å². The summed E-state index contributed by atoms with van der Waals surface area (Å²) in [6.07, 6.45) is 3.21. The first-order chi connectivity index (χ1) is 9.48. The van der Waals surface area contributed by atoms with E-state index in [0.29, 0.717) is 11.8 Å². The minimum absolute atomic E-state index is 0.0590. The molecule has 0 radical (unpaired) electrons. The zero-order chi connectivity index (χ0) is 16.0. The molecule has 0 saturated heterocycles. The van der Waals surface area contributed by atoms with Crippen LogP contribution in [0.1, 0.15) is 60.8 Å². The zero-order valence-electron chi connectivity index (χ0n) is 14.2. The normalized spacial score (nSPS) is 32.1. The van der Waals surface area contributed by atoms with Gasteiger partial charge in [0, 0.05) is 11.1 Å². The van der Waals surface area contributed by atoms with Crippen molar-refractivity contribution in [3.05, 3.63) is 0 Å². The van der Waals surface area contributed by atoms with Gasteiger partial charge < -0.3 is 10.6 Å². The fourth-order valence-electron chi connectivity index (χ4n) is 3.95. The summed E-state index contributed by atoms with van der Waals surface area (Å²) in [4.78, 5) is 25.3. The molecule has 0 spiro atoms. The summed E-state index contributed by atoms with van der Waals surface area (Å²) >= 11 is 0. The van der Waals surface area contributed by atoms with Gasteiger partial charge in [-0.1, -0.05) is 0 Å². The molecule has 2 amide bonds. The predicted octanol–water partition coefficient (Wildman–Crippen LogP) is 2.48. The second-order valence-electron chi connectivity index (χ2n) is 8.86. The highest BCUT2D eigenvalue weighted by molar-refractivity contribution is 5.89. The first-order valence-corrected chi connectivity index (χ1v) is 8.12. The monoisotopic (exact) mass is 294 g/mol. The quantitative estimate of drug-likeness (QED) is 0.822. The topological polar surface area (TPSA) is 58.2 Å². The minimum Gasteiger partial charge on any atom is -0.351 e. The molecule has 4 heteroatoms. The summed E-state index contributed by atoms with van der Waals surface area (Å²) in [5, 5.41) is 6.15. The maximum Gasteiger partial charge on any atom is 0.224 e. The molecule has 2 saturated carbocycles. The predicted molar refractivity (Wildman–Crippen MR) is 83.6 cm³/mol. The summed E-state index contributed by atoms with van der Waals surface area (Å²) in [5.41, 5.74) is -0.492. The fourth-order valence-corrected chi connectivity index (χ4v) is 3.95. The molecule has 2 fully saturated rings. The van der Waals surface area contributed by atoms with Crippen molar-refractivity contribution in [1.29, 1.82) is 0 Å². The van der Waals surface area contributed by atoms with Crippen LogP contribution in [0.4, 0.5) is 0 Å². The van der Waals surface area contributed by atoms with E-state index in [-0.39, 0.29) is 34.7 Å². The molecular weight excluding hydrogens is 264 g/mol. The van der Waals surface area contributed by atoms with Crippen molar-refractivity contribution in [2.45, 2.75) is 71.9 Å². The summed E-state index contributed by atoms with van der Waals surface area (Å²) < 4.78 is 0. The third-order valence-electron chi connectivity index (χ3n) is 4.52. The highest BCUT2D eigenvalue weighted by Crippen LogP contribution is 2.52. The number of hydrogen-bond donors (Lipinski definition) is 2. The van der Waals surface area contributed by atoms with Crippen LogP contribution >= 0.6 is 0 Å². The molecule has 21 heavy (non-hydrogen) atoms. The lowest BCUT2D eigenvalue weighted by Gasteiger charge is -2.34. The molecule has 0 aromatic heterocycles. The van der Waals surface area contributed by atoms with Gasteiger partial charge in [-0.2, -0.15) is 0 Å². The van der Waals surface area contributed by atoms with E-state index in [2.05, 4.69) is 10.6 Å². The van der Waals surface area contributed by atoms with E-state index in [9.17, 15) is 9.59 Å². The molecule has 120 valence electrons. The summed E-state index contributed by atoms with van der Waals surface area (Å²) in [6.45, 7) is 11.9. The Kier molecular flexibility index (Phi) is 4.11. The van der Waals surface area contributed by atoms with Gasteiger partial charge in [-0.25, -0.2) is 0 Å². The highest BCUT2D eigenvalue weighted by Gasteiger charge is 2.54. The number of hydrogen-bond acceptors (Lipinski definition) is 2. The largest absolute Gasteiger partial charge is 0.351 e. The maximum absolute atomic E-state index is 12.6. The molecule has 4 atom stereocenters. The van der Waals surface area contributed by atoms with Crippen LogP contribution in [0.15, 0.2) is 0 Å². The molecule has 2 aliphatic rings. The molecule has 2 bridgehead atoms. The van der Waals surface area contributed by atoms with Gasteiger partial charge in [0.1, 0.15) is 0 Å². The van der Waals surface area contributed by atoms with E-state index in [0.717, 1.165) is 19.3 Å². The van der Waals surface area contributed by atoms with E-state index in [1.807, 2.05) is 41.5 Å². The first kappa shape index (κ1) is 16.3. The Morgan fingerprint density at radius 2 is 1.10 bits per heavy atom. The molecule has 2 rings (SSSR count). The van der Waals surface area contributed by atoms with Gasteiger partial charge in [-0.15, -0.1) is 0 Å². The Morgan fingerprint density at radius 3 is 1.38 bits per heavy atom. The summed E-state index contributed by atoms with van der Waals surface area (Å²) in [5.74, 6) is 0.587. The van der Waals surface area contributed by atoms with Crippen LogP contribution in [-0.2, 0) is 9.59 Å². The van der Waals surface area contributed by atoms with Crippen molar-refractivity contribution >= 4 is 11.8 Å². The van der Waals surface area contributed by atoms with Crippen molar-refractivity contribution in [2.24, 2.45) is 23.7 Å². The molecule has 0 heterocycles. The third kappa shape index (κ3) is 3.78. The molecule has 0 aromatic carbocycles. The highest BCUT2D eigenvalue weighted by atomic mass is 16.2. The molecule has 2 N–H and O–H groups in total. The smallest absolute Gasteiger partial charge is 0.224 e. The van der Waals surface area contributed by atoms with Gasteiger partial charge in [0.05, 0.1) is 11.8 Å². The number of rotatable bonds is 2. The lowest BCUT2D eigenvalue weighted by atomic mass is 9.77. The Balaban J connectivity index is 2.14. The van der Waals surface area contributed by atoms with Gasteiger partial charge in [-0.05, 0) is 72.6 Å². The van der Waals surface area contributed by atoms with Crippen molar-refractivity contribution in [3.63, 3.8) is 0 Å². The lowest BCUT2D eigenvalue weighted by Crippen LogP contribution is -2.52. The standard InChI is InChI=1S/C17H30N2O2/c1-16(2,3)18-14(20)12-10-7-8-11(9-10)13(12)15(21)19-17(4,5)6/h10-13H,7-9H2,1-6H3,(H,18,20)(H,19,21)/t10-,11-,12-,13+/m0/s1. The second-order valence-corrected chi connectivity index (χ2v) is 8.86. The summed E-state index contributed by atoms with van der Waals surface area (Å²) in [6, 6.07) is 0. The Labute approximate surface area is 128 Å². The third-order valence-corrected chi connectivity index (χ3v) is 4.52. The zero-order valence-corrected chi connectivity index (χ0v) is 14.2. The van der Waals surface area contributed by atoms with Crippen molar-refractivity contribution in [3.8, 4) is 0 Å². The van der Waals surface area contributed by atoms with Gasteiger partial charge >= 0.3 is 0 Å². The van der Waals surface area contributed by atoms with Gasteiger partial charge in [0.15, 0.2) is 0 Å². The number of carbonyl (C=O) groups excluding carboxylic acids is 2. The average Bonchev–Trinajstić information content (AvgIpc) is 2.82. The Bertz CT molecular complexity index is 391. The van der Waals surface area contributed by atoms with Crippen molar-refractivity contribution in [2.75, 3.05) is 0 Å². The number of carbonyl (C=O) groups is 2. The molecule has 0 aromatic rings. The van der Waals surface area contributed by atoms with Gasteiger partial charge in [0.25, 0.3) is 0 Å². The Hall–Kier alpha value is -1.06. The first-order valence-electron chi connectivity index (χ1n) is 8.12. The van der Waals surface area contributed by atoms with E-state index < -0.39 is 0 Å². The van der Waals surface area contributed by atoms with Crippen LogP contribution in [0.5, 0.6) is 0 Å². The van der Waals surface area contributed by atoms with E-state index in [1.54, 1.807) is 0 Å². The number of nitrogens with one attached hydrogen (secondary N) is 2. The molecular formula is C17H30N2O2. The van der Waals surface area contributed by atoms with Crippen LogP contribution in [-0.4, -0.2) is 22.9 Å². The molecule has 0 unspecified atom stereocenters. The average molecular weight is 294 g/mol. The lowest BCUT2D eigenvalue weighted by molar-refractivity contribution is -0.138. The van der Waals surface area contributed by atoms with Gasteiger partial charge in [-0.3, -0.25) is 9.59 Å². The van der Waals surface area contributed by atoms with Crippen LogP contribution in [0, 0.1) is 23.7 Å². The fraction of sp³-hybridized carbons (Fsp3) is 0.882. The van der Waals surface area contributed by atoms with E-state index in [1.165, 1.54) is 0 Å². The van der Waals surface area contributed by atoms with Crippen LogP contribution in [0.2, 0.25) is 0 Å². The SMILES string of the molecule is CC(C)(C)NC(=O)[C@@H]1[C@H]2CC[C@@H](C2)[C@@H]1C(=O)NC(C)(C)C. The van der Waals surface area contributed by atoms with Crippen LogP contribution in [0.3, 0.4) is 0 Å². The van der Waals surface area contributed by atoms with Gasteiger partial charge in [0.2, 0.25) is 11.8 Å². The Morgan fingerprint density at radius 1 is 0.762 bits per heavy atom. The van der Waals surface area contributed by atoms with Crippen molar-refractivity contribution in [1.82, 2.24) is 10.6 Å². The van der Waals surface area contributed by atoms with Crippen LogP contribution in [0.25, 0.3) is 0 Å². The second kappa shape index (κ2) is 5.29. The minimum atomic E-state index is -0.246. The van der Waals surface area contributed by atoms with Crippen LogP contribution < -0.4 is 10.6 Å². The summed E-state index contributed by atoms with van der Waals surface area (Å²) in [7, 11) is 0. The van der Waals surface area contributed by atoms with Crippen molar-refractivity contribution < 1.29 is 9.59 Å². The maximum atomic E-state index is 12.6. The molecule has 0 aliphatic heterocycles. The number of fused-ring (bicyclic) bond motifs is 2. The molecule has 4 nitrogen and oxygen atoms in total. The molecule has 2 aliphatic carbocycles.